The molecule has 0 aliphatic heterocycles. The van der Waals surface area contributed by atoms with Crippen LogP contribution in [0.5, 0.6) is 5.75 Å². The summed E-state index contributed by atoms with van der Waals surface area (Å²) in [5.74, 6) is 0.806. The summed E-state index contributed by atoms with van der Waals surface area (Å²) in [5, 5.41) is 4.18. The number of hydrogen-bond donors (Lipinski definition) is 1. The van der Waals surface area contributed by atoms with E-state index in [0.29, 0.717) is 17.0 Å². The topological polar surface area (TPSA) is 38.3 Å². The van der Waals surface area contributed by atoms with Gasteiger partial charge in [0.1, 0.15) is 5.75 Å². The summed E-state index contributed by atoms with van der Waals surface area (Å²) in [6.45, 7) is 2.13. The van der Waals surface area contributed by atoms with E-state index in [1.165, 1.54) is 5.56 Å². The Morgan fingerprint density at radius 3 is 2.18 bits per heavy atom. The third-order valence-corrected chi connectivity index (χ3v) is 5.03. The number of methoxy groups -OCH3 is 1. The molecule has 3 aromatic carbocycles. The second-order valence-electron chi connectivity index (χ2n) is 6.65. The third kappa shape index (κ3) is 5.14. The summed E-state index contributed by atoms with van der Waals surface area (Å²) in [5.41, 5.74) is 3.95. The Kier molecular flexibility index (Phi) is 6.72. The zero-order valence-corrected chi connectivity index (χ0v) is 16.9. The SMILES string of the molecule is CCc1ccc(N[C@H](CC(=O)c2ccc(OC)cc2)c2ccc(Cl)cc2)cc1. The van der Waals surface area contributed by atoms with E-state index in [1.54, 1.807) is 31.4 Å². The Labute approximate surface area is 171 Å². The maximum absolute atomic E-state index is 12.9. The van der Waals surface area contributed by atoms with Crippen LogP contribution in [0.25, 0.3) is 0 Å². The number of rotatable bonds is 8. The molecule has 0 aliphatic carbocycles. The average molecular weight is 394 g/mol. The van der Waals surface area contributed by atoms with Gasteiger partial charge in [0.15, 0.2) is 5.78 Å². The molecule has 3 rings (SSSR count). The molecular weight excluding hydrogens is 370 g/mol. The Balaban J connectivity index is 1.82. The Morgan fingerprint density at radius 2 is 1.61 bits per heavy atom. The lowest BCUT2D eigenvalue weighted by Gasteiger charge is -2.20. The highest BCUT2D eigenvalue weighted by molar-refractivity contribution is 6.30. The molecule has 28 heavy (non-hydrogen) atoms. The van der Waals surface area contributed by atoms with Crippen molar-refractivity contribution in [3.8, 4) is 5.75 Å². The summed E-state index contributed by atoms with van der Waals surface area (Å²) < 4.78 is 5.17. The van der Waals surface area contributed by atoms with E-state index in [2.05, 4.69) is 36.5 Å². The molecular formula is C24H24ClNO2. The average Bonchev–Trinajstić information content (AvgIpc) is 2.74. The second kappa shape index (κ2) is 9.43. The van der Waals surface area contributed by atoms with Crippen molar-refractivity contribution in [1.29, 1.82) is 0 Å². The smallest absolute Gasteiger partial charge is 0.165 e. The van der Waals surface area contributed by atoms with Gasteiger partial charge in [-0.05, 0) is 66.1 Å². The van der Waals surface area contributed by atoms with Gasteiger partial charge in [-0.25, -0.2) is 0 Å². The summed E-state index contributed by atoms with van der Waals surface area (Å²) in [6.07, 6.45) is 1.33. The van der Waals surface area contributed by atoms with Crippen molar-refractivity contribution in [2.24, 2.45) is 0 Å². The van der Waals surface area contributed by atoms with Gasteiger partial charge in [-0.3, -0.25) is 4.79 Å². The number of carbonyl (C=O) groups is 1. The monoisotopic (exact) mass is 393 g/mol. The molecule has 3 aromatic rings. The van der Waals surface area contributed by atoms with Gasteiger partial charge in [-0.2, -0.15) is 0 Å². The van der Waals surface area contributed by atoms with Crippen molar-refractivity contribution in [3.05, 3.63) is 94.5 Å². The Hall–Kier alpha value is -2.78. The molecule has 1 atom stereocenters. The van der Waals surface area contributed by atoms with Crippen molar-refractivity contribution in [2.75, 3.05) is 12.4 Å². The fraction of sp³-hybridized carbons (Fsp3) is 0.208. The minimum Gasteiger partial charge on any atom is -0.497 e. The van der Waals surface area contributed by atoms with Crippen molar-refractivity contribution in [1.82, 2.24) is 0 Å². The molecule has 0 aromatic heterocycles. The summed E-state index contributed by atoms with van der Waals surface area (Å²) in [6, 6.07) is 23.0. The van der Waals surface area contributed by atoms with E-state index in [4.69, 9.17) is 16.3 Å². The van der Waals surface area contributed by atoms with Crippen molar-refractivity contribution < 1.29 is 9.53 Å². The zero-order valence-electron chi connectivity index (χ0n) is 16.1. The number of anilines is 1. The van der Waals surface area contributed by atoms with Crippen LogP contribution in [0.3, 0.4) is 0 Å². The Morgan fingerprint density at radius 1 is 0.964 bits per heavy atom. The first-order valence-corrected chi connectivity index (χ1v) is 9.75. The first-order chi connectivity index (χ1) is 13.6. The van der Waals surface area contributed by atoms with Gasteiger partial charge in [-0.15, -0.1) is 0 Å². The number of benzene rings is 3. The van der Waals surface area contributed by atoms with E-state index in [-0.39, 0.29) is 11.8 Å². The molecule has 3 nitrogen and oxygen atoms in total. The van der Waals surface area contributed by atoms with Crippen LogP contribution in [-0.4, -0.2) is 12.9 Å². The van der Waals surface area contributed by atoms with Crippen LogP contribution in [-0.2, 0) is 6.42 Å². The minimum atomic E-state index is -0.153. The van der Waals surface area contributed by atoms with Gasteiger partial charge in [-0.1, -0.05) is 42.8 Å². The molecule has 0 bridgehead atoms. The van der Waals surface area contributed by atoms with Crippen LogP contribution < -0.4 is 10.1 Å². The lowest BCUT2D eigenvalue weighted by molar-refractivity contribution is 0.0976. The maximum atomic E-state index is 12.9. The molecule has 0 aliphatic rings. The van der Waals surface area contributed by atoms with Crippen LogP contribution >= 0.6 is 11.6 Å². The lowest BCUT2D eigenvalue weighted by atomic mass is 9.97. The predicted octanol–water partition coefficient (Wildman–Crippen LogP) is 6.34. The maximum Gasteiger partial charge on any atom is 0.165 e. The molecule has 0 unspecified atom stereocenters. The number of carbonyl (C=O) groups excluding carboxylic acids is 1. The molecule has 0 fully saturated rings. The Bertz CT molecular complexity index is 903. The standard InChI is InChI=1S/C24H24ClNO2/c1-3-17-4-12-21(13-5-17)26-23(18-6-10-20(25)11-7-18)16-24(27)19-8-14-22(28-2)15-9-19/h4-15,23,26H,3,16H2,1-2H3/t23-/m1/s1. The molecule has 1 N–H and O–H groups in total. The summed E-state index contributed by atoms with van der Waals surface area (Å²) in [7, 11) is 1.61. The van der Waals surface area contributed by atoms with E-state index in [1.807, 2.05) is 24.3 Å². The highest BCUT2D eigenvalue weighted by atomic mass is 35.5. The van der Waals surface area contributed by atoms with Gasteiger partial charge in [0.25, 0.3) is 0 Å². The van der Waals surface area contributed by atoms with Gasteiger partial charge in [0.2, 0.25) is 0 Å². The normalized spacial score (nSPS) is 11.7. The van der Waals surface area contributed by atoms with Crippen LogP contribution in [0.1, 0.15) is 40.9 Å². The highest BCUT2D eigenvalue weighted by Crippen LogP contribution is 2.26. The quantitative estimate of drug-likeness (QED) is 0.454. The van der Waals surface area contributed by atoms with Crippen molar-refractivity contribution >= 4 is 23.1 Å². The number of nitrogens with one attached hydrogen (secondary N) is 1. The number of hydrogen-bond acceptors (Lipinski definition) is 3. The van der Waals surface area contributed by atoms with E-state index >= 15 is 0 Å². The summed E-state index contributed by atoms with van der Waals surface area (Å²) >= 11 is 6.04. The number of aryl methyl sites for hydroxylation is 1. The van der Waals surface area contributed by atoms with E-state index < -0.39 is 0 Å². The minimum absolute atomic E-state index is 0.0697. The molecule has 0 radical (unpaired) electrons. The number of ether oxygens (including phenoxy) is 1. The second-order valence-corrected chi connectivity index (χ2v) is 7.09. The van der Waals surface area contributed by atoms with Gasteiger partial charge >= 0.3 is 0 Å². The highest BCUT2D eigenvalue weighted by Gasteiger charge is 2.17. The number of Topliss-reactive ketones (excluding diaryl/α,β-unsaturated/α-hetero) is 1. The van der Waals surface area contributed by atoms with Crippen LogP contribution in [0.4, 0.5) is 5.69 Å². The molecule has 0 saturated heterocycles. The van der Waals surface area contributed by atoms with Crippen LogP contribution in [0, 0.1) is 0 Å². The largest absolute Gasteiger partial charge is 0.497 e. The van der Waals surface area contributed by atoms with Crippen LogP contribution in [0.2, 0.25) is 5.02 Å². The van der Waals surface area contributed by atoms with Crippen LogP contribution in [0.15, 0.2) is 72.8 Å². The fourth-order valence-electron chi connectivity index (χ4n) is 3.07. The third-order valence-electron chi connectivity index (χ3n) is 4.78. The van der Waals surface area contributed by atoms with Crippen molar-refractivity contribution in [2.45, 2.75) is 25.8 Å². The molecule has 144 valence electrons. The predicted molar refractivity (Wildman–Crippen MR) is 116 cm³/mol. The number of halogens is 1. The van der Waals surface area contributed by atoms with Gasteiger partial charge < -0.3 is 10.1 Å². The van der Waals surface area contributed by atoms with Gasteiger partial charge in [0, 0.05) is 22.7 Å². The molecule has 0 saturated carbocycles. The molecule has 0 heterocycles. The molecule has 0 spiro atoms. The first kappa shape index (κ1) is 20.0. The van der Waals surface area contributed by atoms with Gasteiger partial charge in [0.05, 0.1) is 13.2 Å². The van der Waals surface area contributed by atoms with Crippen molar-refractivity contribution in [3.63, 3.8) is 0 Å². The molecule has 0 amide bonds. The lowest BCUT2D eigenvalue weighted by Crippen LogP contribution is -2.16. The van der Waals surface area contributed by atoms with E-state index in [9.17, 15) is 4.79 Å². The fourth-order valence-corrected chi connectivity index (χ4v) is 3.19. The zero-order chi connectivity index (χ0) is 19.9. The first-order valence-electron chi connectivity index (χ1n) is 9.37. The number of ketones is 1. The molecule has 4 heteroatoms. The summed E-state index contributed by atoms with van der Waals surface area (Å²) in [4.78, 5) is 12.9. The van der Waals surface area contributed by atoms with E-state index in [0.717, 1.165) is 23.4 Å².